The van der Waals surface area contributed by atoms with Gasteiger partial charge in [0.2, 0.25) is 0 Å². The third kappa shape index (κ3) is 2.61. The van der Waals surface area contributed by atoms with Gasteiger partial charge in [0.25, 0.3) is 0 Å². The lowest BCUT2D eigenvalue weighted by Gasteiger charge is -2.33. The van der Waals surface area contributed by atoms with Crippen LogP contribution in [0.25, 0.3) is 0 Å². The van der Waals surface area contributed by atoms with E-state index in [4.69, 9.17) is 0 Å². The fourth-order valence-corrected chi connectivity index (χ4v) is 2.52. The van der Waals surface area contributed by atoms with E-state index in [0.717, 1.165) is 12.8 Å². The Bertz CT molecular complexity index is 420. The predicted octanol–water partition coefficient (Wildman–Crippen LogP) is 1.35. The normalized spacial score (nSPS) is 28.3. The molecule has 1 aromatic heterocycles. The molecule has 18 heavy (non-hydrogen) atoms. The first kappa shape index (κ1) is 13.2. The standard InChI is InChI=1S/C13H21N3O2/c1-3-16-12(14-9-15-16)8-11(17)13(18)6-4-10(2)5-7-13/h9-10,18H,3-8H2,1-2H3. The molecule has 0 bridgehead atoms. The zero-order chi connectivity index (χ0) is 13.2. The molecule has 0 aromatic carbocycles. The maximum Gasteiger partial charge on any atom is 0.171 e. The number of nitrogens with zero attached hydrogens (tertiary/aromatic N) is 3. The van der Waals surface area contributed by atoms with Gasteiger partial charge in [-0.05, 0) is 38.5 Å². The number of rotatable bonds is 4. The lowest BCUT2D eigenvalue weighted by Crippen LogP contribution is -2.43. The molecule has 100 valence electrons. The van der Waals surface area contributed by atoms with Crippen LogP contribution >= 0.6 is 0 Å². The molecule has 5 nitrogen and oxygen atoms in total. The third-order valence-electron chi connectivity index (χ3n) is 3.93. The van der Waals surface area contributed by atoms with Crippen LogP contribution in [-0.2, 0) is 17.8 Å². The van der Waals surface area contributed by atoms with Crippen LogP contribution < -0.4 is 0 Å². The van der Waals surface area contributed by atoms with Crippen molar-refractivity contribution in [3.63, 3.8) is 0 Å². The van der Waals surface area contributed by atoms with Crippen LogP contribution in [0.15, 0.2) is 6.33 Å². The summed E-state index contributed by atoms with van der Waals surface area (Å²) in [5, 5.41) is 14.5. The van der Waals surface area contributed by atoms with Crippen molar-refractivity contribution in [3.05, 3.63) is 12.2 Å². The van der Waals surface area contributed by atoms with E-state index in [0.29, 0.717) is 31.1 Å². The van der Waals surface area contributed by atoms with Crippen LogP contribution in [0.5, 0.6) is 0 Å². The number of Topliss-reactive ketones (excluding diaryl/α,β-unsaturated/α-hetero) is 1. The van der Waals surface area contributed by atoms with Crippen molar-refractivity contribution in [2.75, 3.05) is 0 Å². The number of aryl methyl sites for hydroxylation is 1. The number of aliphatic hydroxyl groups is 1. The minimum Gasteiger partial charge on any atom is -0.382 e. The van der Waals surface area contributed by atoms with Crippen LogP contribution in [0.1, 0.15) is 45.4 Å². The van der Waals surface area contributed by atoms with Gasteiger partial charge in [-0.1, -0.05) is 6.92 Å². The molecule has 5 heteroatoms. The molecule has 1 saturated carbocycles. The molecule has 1 heterocycles. The second-order valence-corrected chi connectivity index (χ2v) is 5.31. The molecule has 0 spiro atoms. The summed E-state index contributed by atoms with van der Waals surface area (Å²) >= 11 is 0. The van der Waals surface area contributed by atoms with Crippen molar-refractivity contribution in [2.45, 2.75) is 58.1 Å². The van der Waals surface area contributed by atoms with Gasteiger partial charge in [0.1, 0.15) is 17.8 Å². The molecular formula is C13H21N3O2. The molecule has 0 amide bonds. The van der Waals surface area contributed by atoms with Crippen molar-refractivity contribution in [2.24, 2.45) is 5.92 Å². The predicted molar refractivity (Wildman–Crippen MR) is 67.0 cm³/mol. The Morgan fingerprint density at radius 2 is 2.22 bits per heavy atom. The van der Waals surface area contributed by atoms with Gasteiger partial charge < -0.3 is 5.11 Å². The van der Waals surface area contributed by atoms with E-state index in [9.17, 15) is 9.90 Å². The van der Waals surface area contributed by atoms with E-state index in [1.165, 1.54) is 6.33 Å². The molecule has 1 aliphatic rings. The van der Waals surface area contributed by atoms with Gasteiger partial charge in [0.15, 0.2) is 5.78 Å². The Labute approximate surface area is 107 Å². The topological polar surface area (TPSA) is 68.0 Å². The summed E-state index contributed by atoms with van der Waals surface area (Å²) in [6.07, 6.45) is 4.63. The van der Waals surface area contributed by atoms with Gasteiger partial charge in [0.05, 0.1) is 6.42 Å². The second kappa shape index (κ2) is 5.18. The van der Waals surface area contributed by atoms with Gasteiger partial charge in [-0.3, -0.25) is 4.79 Å². The summed E-state index contributed by atoms with van der Waals surface area (Å²) in [5.41, 5.74) is -1.14. The van der Waals surface area contributed by atoms with Crippen molar-refractivity contribution >= 4 is 5.78 Å². The van der Waals surface area contributed by atoms with E-state index in [1.54, 1.807) is 4.68 Å². The molecule has 0 aliphatic heterocycles. The minimum absolute atomic E-state index is 0.114. The summed E-state index contributed by atoms with van der Waals surface area (Å²) in [7, 11) is 0. The summed E-state index contributed by atoms with van der Waals surface area (Å²) in [6, 6.07) is 0. The van der Waals surface area contributed by atoms with Crippen LogP contribution in [-0.4, -0.2) is 31.3 Å². The van der Waals surface area contributed by atoms with Gasteiger partial charge in [-0.15, -0.1) is 0 Å². The Kier molecular flexibility index (Phi) is 3.80. The van der Waals surface area contributed by atoms with Crippen molar-refractivity contribution in [1.29, 1.82) is 0 Å². The van der Waals surface area contributed by atoms with Gasteiger partial charge >= 0.3 is 0 Å². The summed E-state index contributed by atoms with van der Waals surface area (Å²) in [5.74, 6) is 1.14. The molecule has 1 fully saturated rings. The molecule has 0 unspecified atom stereocenters. The van der Waals surface area contributed by atoms with Gasteiger partial charge in [-0.2, -0.15) is 5.10 Å². The molecular weight excluding hydrogens is 230 g/mol. The highest BCUT2D eigenvalue weighted by Gasteiger charge is 2.38. The average Bonchev–Trinajstić information content (AvgIpc) is 2.80. The quantitative estimate of drug-likeness (QED) is 0.877. The maximum absolute atomic E-state index is 12.2. The maximum atomic E-state index is 12.2. The molecule has 1 aromatic rings. The third-order valence-corrected chi connectivity index (χ3v) is 3.93. The Morgan fingerprint density at radius 1 is 1.56 bits per heavy atom. The van der Waals surface area contributed by atoms with E-state index in [2.05, 4.69) is 17.0 Å². The first-order chi connectivity index (χ1) is 8.55. The lowest BCUT2D eigenvalue weighted by molar-refractivity contribution is -0.140. The summed E-state index contributed by atoms with van der Waals surface area (Å²) in [6.45, 7) is 4.81. The smallest absolute Gasteiger partial charge is 0.171 e. The molecule has 0 radical (unpaired) electrons. The highest BCUT2D eigenvalue weighted by atomic mass is 16.3. The number of carbonyl (C=O) groups excluding carboxylic acids is 1. The Hall–Kier alpha value is -1.23. The molecule has 0 atom stereocenters. The number of aromatic nitrogens is 3. The van der Waals surface area contributed by atoms with E-state index >= 15 is 0 Å². The van der Waals surface area contributed by atoms with Crippen LogP contribution in [0.2, 0.25) is 0 Å². The van der Waals surface area contributed by atoms with Crippen LogP contribution in [0, 0.1) is 5.92 Å². The average molecular weight is 251 g/mol. The number of ketones is 1. The SMILES string of the molecule is CCn1ncnc1CC(=O)C1(O)CCC(C)CC1. The largest absolute Gasteiger partial charge is 0.382 e. The van der Waals surface area contributed by atoms with Crippen molar-refractivity contribution < 1.29 is 9.90 Å². The molecule has 1 aliphatic carbocycles. The molecule has 0 saturated heterocycles. The van der Waals surface area contributed by atoms with Crippen LogP contribution in [0.3, 0.4) is 0 Å². The van der Waals surface area contributed by atoms with Gasteiger partial charge in [0, 0.05) is 6.54 Å². The Balaban J connectivity index is 2.03. The number of hydrogen-bond donors (Lipinski definition) is 1. The fourth-order valence-electron chi connectivity index (χ4n) is 2.52. The lowest BCUT2D eigenvalue weighted by atomic mass is 9.76. The number of hydrogen-bond acceptors (Lipinski definition) is 4. The van der Waals surface area contributed by atoms with Gasteiger partial charge in [-0.25, -0.2) is 9.67 Å². The summed E-state index contributed by atoms with van der Waals surface area (Å²) < 4.78 is 1.70. The van der Waals surface area contributed by atoms with Crippen molar-refractivity contribution in [1.82, 2.24) is 14.8 Å². The summed E-state index contributed by atoms with van der Waals surface area (Å²) in [4.78, 5) is 16.3. The Morgan fingerprint density at radius 3 is 2.83 bits per heavy atom. The first-order valence-electron chi connectivity index (χ1n) is 6.67. The zero-order valence-electron chi connectivity index (χ0n) is 11.1. The van der Waals surface area contributed by atoms with Crippen molar-refractivity contribution in [3.8, 4) is 0 Å². The van der Waals surface area contributed by atoms with Crippen LogP contribution in [0.4, 0.5) is 0 Å². The zero-order valence-corrected chi connectivity index (χ0v) is 11.1. The van der Waals surface area contributed by atoms with E-state index in [-0.39, 0.29) is 12.2 Å². The van der Waals surface area contributed by atoms with E-state index < -0.39 is 5.60 Å². The monoisotopic (exact) mass is 251 g/mol. The molecule has 1 N–H and O–H groups in total. The second-order valence-electron chi connectivity index (χ2n) is 5.31. The highest BCUT2D eigenvalue weighted by molar-refractivity contribution is 5.88. The highest BCUT2D eigenvalue weighted by Crippen LogP contribution is 2.33. The number of carbonyl (C=O) groups is 1. The van der Waals surface area contributed by atoms with E-state index in [1.807, 2.05) is 6.92 Å². The fraction of sp³-hybridized carbons (Fsp3) is 0.769. The minimum atomic E-state index is -1.14. The first-order valence-corrected chi connectivity index (χ1v) is 6.67. The molecule has 2 rings (SSSR count).